The van der Waals surface area contributed by atoms with E-state index in [0.717, 1.165) is 23.4 Å². The van der Waals surface area contributed by atoms with Gasteiger partial charge in [0.1, 0.15) is 6.26 Å². The highest BCUT2D eigenvalue weighted by Gasteiger charge is 2.25. The van der Waals surface area contributed by atoms with E-state index in [1.54, 1.807) is 22.3 Å². The number of benzene rings is 1. The minimum atomic E-state index is -0.0355. The standard InChI is InChI=1S/C20H21N3O3S/c24-19(7-3-6-18-21-16-4-1-2-5-17(16)27-18)22-9-11-23(12-10-22)20(25)15-8-13-26-14-15/h1-2,4-5,8,13-14H,3,6-7,9-12H2. The first-order valence-corrected chi connectivity index (χ1v) is 9.96. The Hall–Kier alpha value is -2.67. The summed E-state index contributed by atoms with van der Waals surface area (Å²) in [6.07, 6.45) is 5.10. The number of nitrogens with zero attached hydrogens (tertiary/aromatic N) is 3. The zero-order valence-electron chi connectivity index (χ0n) is 15.0. The summed E-state index contributed by atoms with van der Waals surface area (Å²) in [7, 11) is 0. The van der Waals surface area contributed by atoms with Crippen LogP contribution in [-0.4, -0.2) is 52.8 Å². The summed E-state index contributed by atoms with van der Waals surface area (Å²) in [6.45, 7) is 2.30. The molecule has 6 nitrogen and oxygen atoms in total. The first-order chi connectivity index (χ1) is 13.2. The van der Waals surface area contributed by atoms with Crippen LogP contribution in [-0.2, 0) is 11.2 Å². The topological polar surface area (TPSA) is 66.7 Å². The van der Waals surface area contributed by atoms with Crippen molar-refractivity contribution in [2.24, 2.45) is 0 Å². The number of amides is 2. The van der Waals surface area contributed by atoms with Gasteiger partial charge in [-0.2, -0.15) is 0 Å². The molecule has 1 fully saturated rings. The van der Waals surface area contributed by atoms with Crippen molar-refractivity contribution in [3.8, 4) is 0 Å². The summed E-state index contributed by atoms with van der Waals surface area (Å²) in [5.41, 5.74) is 1.59. The van der Waals surface area contributed by atoms with E-state index in [1.807, 2.05) is 23.1 Å². The van der Waals surface area contributed by atoms with Gasteiger partial charge in [-0.25, -0.2) is 4.98 Å². The molecule has 1 saturated heterocycles. The molecule has 0 saturated carbocycles. The highest BCUT2D eigenvalue weighted by atomic mass is 32.1. The number of piperazine rings is 1. The number of para-hydroxylation sites is 1. The van der Waals surface area contributed by atoms with Crippen molar-refractivity contribution in [3.63, 3.8) is 0 Å². The van der Waals surface area contributed by atoms with Crippen LogP contribution >= 0.6 is 11.3 Å². The van der Waals surface area contributed by atoms with Gasteiger partial charge in [0.2, 0.25) is 5.91 Å². The SMILES string of the molecule is O=C(CCCc1nc2ccccc2s1)N1CCN(C(=O)c2ccoc2)CC1. The molecule has 2 amide bonds. The highest BCUT2D eigenvalue weighted by Crippen LogP contribution is 2.23. The van der Waals surface area contributed by atoms with Crippen molar-refractivity contribution in [2.75, 3.05) is 26.2 Å². The Morgan fingerprint density at radius 1 is 1.07 bits per heavy atom. The Kier molecular flexibility index (Phi) is 5.20. The van der Waals surface area contributed by atoms with Gasteiger partial charge in [0.25, 0.3) is 5.91 Å². The number of furan rings is 1. The molecule has 3 heterocycles. The molecule has 1 aromatic carbocycles. The van der Waals surface area contributed by atoms with Gasteiger partial charge in [0.05, 0.1) is 27.1 Å². The van der Waals surface area contributed by atoms with Gasteiger partial charge in [0.15, 0.2) is 0 Å². The number of hydrogen-bond donors (Lipinski definition) is 0. The van der Waals surface area contributed by atoms with Crippen molar-refractivity contribution in [3.05, 3.63) is 53.4 Å². The Morgan fingerprint density at radius 2 is 1.85 bits per heavy atom. The molecule has 0 aliphatic carbocycles. The molecule has 0 N–H and O–H groups in total. The average Bonchev–Trinajstić information content (AvgIpc) is 3.37. The Balaban J connectivity index is 1.23. The van der Waals surface area contributed by atoms with E-state index in [2.05, 4.69) is 11.1 Å². The van der Waals surface area contributed by atoms with Crippen molar-refractivity contribution >= 4 is 33.4 Å². The summed E-state index contributed by atoms with van der Waals surface area (Å²) in [4.78, 5) is 33.0. The largest absolute Gasteiger partial charge is 0.472 e. The van der Waals surface area contributed by atoms with E-state index < -0.39 is 0 Å². The second-order valence-corrected chi connectivity index (χ2v) is 7.73. The quantitative estimate of drug-likeness (QED) is 0.679. The van der Waals surface area contributed by atoms with Gasteiger partial charge < -0.3 is 14.2 Å². The predicted octanol–water partition coefficient (Wildman–Crippen LogP) is 3.20. The molecular formula is C20H21N3O3S. The van der Waals surface area contributed by atoms with E-state index in [0.29, 0.717) is 38.2 Å². The van der Waals surface area contributed by atoms with E-state index in [4.69, 9.17) is 4.42 Å². The number of thiazole rings is 1. The van der Waals surface area contributed by atoms with Crippen molar-refractivity contribution in [1.29, 1.82) is 0 Å². The lowest BCUT2D eigenvalue weighted by atomic mass is 10.2. The first-order valence-electron chi connectivity index (χ1n) is 9.14. The predicted molar refractivity (Wildman–Crippen MR) is 104 cm³/mol. The van der Waals surface area contributed by atoms with Crippen LogP contribution in [0.15, 0.2) is 47.3 Å². The van der Waals surface area contributed by atoms with E-state index in [-0.39, 0.29) is 11.8 Å². The number of carbonyl (C=O) groups excluding carboxylic acids is 2. The lowest BCUT2D eigenvalue weighted by Gasteiger charge is -2.34. The van der Waals surface area contributed by atoms with Gasteiger partial charge in [0, 0.05) is 32.6 Å². The maximum absolute atomic E-state index is 12.5. The van der Waals surface area contributed by atoms with Crippen LogP contribution in [0.25, 0.3) is 10.2 Å². The van der Waals surface area contributed by atoms with Gasteiger partial charge >= 0.3 is 0 Å². The summed E-state index contributed by atoms with van der Waals surface area (Å²) in [6, 6.07) is 9.77. The maximum Gasteiger partial charge on any atom is 0.257 e. The monoisotopic (exact) mass is 383 g/mol. The fourth-order valence-corrected chi connectivity index (χ4v) is 4.31. The maximum atomic E-state index is 12.5. The van der Waals surface area contributed by atoms with Crippen molar-refractivity contribution < 1.29 is 14.0 Å². The second-order valence-electron chi connectivity index (χ2n) is 6.61. The van der Waals surface area contributed by atoms with Gasteiger partial charge in [-0.05, 0) is 31.0 Å². The first kappa shape index (κ1) is 17.7. The smallest absolute Gasteiger partial charge is 0.257 e. The van der Waals surface area contributed by atoms with Crippen LogP contribution in [0.3, 0.4) is 0 Å². The van der Waals surface area contributed by atoms with Gasteiger partial charge in [-0.15, -0.1) is 11.3 Å². The van der Waals surface area contributed by atoms with Crippen molar-refractivity contribution in [1.82, 2.24) is 14.8 Å². The molecule has 0 bridgehead atoms. The third-order valence-electron chi connectivity index (χ3n) is 4.81. The summed E-state index contributed by atoms with van der Waals surface area (Å²) >= 11 is 1.70. The van der Waals surface area contributed by atoms with Crippen LogP contribution in [0.2, 0.25) is 0 Å². The minimum absolute atomic E-state index is 0.0355. The highest BCUT2D eigenvalue weighted by molar-refractivity contribution is 7.18. The van der Waals surface area contributed by atoms with Crippen molar-refractivity contribution in [2.45, 2.75) is 19.3 Å². The Labute approximate surface area is 161 Å². The molecule has 0 unspecified atom stereocenters. The van der Waals surface area contributed by atoms with E-state index in [1.165, 1.54) is 17.2 Å². The summed E-state index contributed by atoms with van der Waals surface area (Å²) in [5.74, 6) is 0.123. The summed E-state index contributed by atoms with van der Waals surface area (Å²) in [5, 5.41) is 1.08. The number of rotatable bonds is 5. The number of carbonyl (C=O) groups is 2. The summed E-state index contributed by atoms with van der Waals surface area (Å²) < 4.78 is 6.16. The zero-order chi connectivity index (χ0) is 18.6. The van der Waals surface area contributed by atoms with Gasteiger partial charge in [-0.1, -0.05) is 12.1 Å². The molecule has 7 heteroatoms. The molecular weight excluding hydrogens is 362 g/mol. The van der Waals surface area contributed by atoms with Gasteiger partial charge in [-0.3, -0.25) is 9.59 Å². The fraction of sp³-hybridized carbons (Fsp3) is 0.350. The molecule has 1 aliphatic heterocycles. The second kappa shape index (κ2) is 7.92. The minimum Gasteiger partial charge on any atom is -0.472 e. The molecule has 140 valence electrons. The molecule has 0 spiro atoms. The lowest BCUT2D eigenvalue weighted by Crippen LogP contribution is -2.50. The zero-order valence-corrected chi connectivity index (χ0v) is 15.8. The normalized spacial score (nSPS) is 14.7. The average molecular weight is 383 g/mol. The number of fused-ring (bicyclic) bond motifs is 1. The Morgan fingerprint density at radius 3 is 2.59 bits per heavy atom. The molecule has 4 rings (SSSR count). The van der Waals surface area contributed by atoms with E-state index in [9.17, 15) is 9.59 Å². The molecule has 2 aromatic heterocycles. The third-order valence-corrected chi connectivity index (χ3v) is 5.90. The number of aromatic nitrogens is 1. The molecule has 0 radical (unpaired) electrons. The number of aryl methyl sites for hydroxylation is 1. The van der Waals surface area contributed by atoms with Crippen LogP contribution in [0, 0.1) is 0 Å². The lowest BCUT2D eigenvalue weighted by molar-refractivity contribution is -0.132. The van der Waals surface area contributed by atoms with Crippen LogP contribution in [0.5, 0.6) is 0 Å². The molecule has 3 aromatic rings. The fourth-order valence-electron chi connectivity index (χ4n) is 3.30. The van der Waals surface area contributed by atoms with Crippen LogP contribution < -0.4 is 0 Å². The van der Waals surface area contributed by atoms with Crippen LogP contribution in [0.1, 0.15) is 28.2 Å². The Bertz CT molecular complexity index is 894. The molecule has 1 aliphatic rings. The van der Waals surface area contributed by atoms with Crippen LogP contribution in [0.4, 0.5) is 0 Å². The molecule has 0 atom stereocenters. The third kappa shape index (κ3) is 4.03. The molecule has 27 heavy (non-hydrogen) atoms. The number of hydrogen-bond acceptors (Lipinski definition) is 5. The van der Waals surface area contributed by atoms with E-state index >= 15 is 0 Å².